The van der Waals surface area contributed by atoms with Gasteiger partial charge in [-0.05, 0) is 25.0 Å². The summed E-state index contributed by atoms with van der Waals surface area (Å²) in [5.41, 5.74) is 5.46. The second kappa shape index (κ2) is 6.10. The van der Waals surface area contributed by atoms with E-state index in [0.29, 0.717) is 18.8 Å². The molecule has 1 aliphatic rings. The number of rotatable bonds is 7. The molecule has 0 unspecified atom stereocenters. The summed E-state index contributed by atoms with van der Waals surface area (Å²) in [6.07, 6.45) is 1.77. The van der Waals surface area contributed by atoms with E-state index in [4.69, 9.17) is 5.73 Å². The number of carbonyl (C=O) groups excluding carboxylic acids is 1. The molecule has 0 radical (unpaired) electrons. The maximum Gasteiger partial charge on any atom is 0.312 e. The number of sulfonamides is 1. The molecule has 2 amide bonds. The average Bonchev–Trinajstić information content (AvgIpc) is 3.18. The van der Waals surface area contributed by atoms with Crippen LogP contribution in [-0.2, 0) is 10.0 Å². The van der Waals surface area contributed by atoms with E-state index in [1.54, 1.807) is 24.3 Å². The second-order valence-electron chi connectivity index (χ2n) is 4.61. The summed E-state index contributed by atoms with van der Waals surface area (Å²) in [5.74, 6) is 0. The first-order chi connectivity index (χ1) is 9.49. The number of amides is 2. The van der Waals surface area contributed by atoms with Crippen molar-refractivity contribution in [2.45, 2.75) is 23.8 Å². The summed E-state index contributed by atoms with van der Waals surface area (Å²) in [5, 5.41) is 5.41. The summed E-state index contributed by atoms with van der Waals surface area (Å²) in [6, 6.07) is 6.11. The monoisotopic (exact) mass is 298 g/mol. The minimum atomic E-state index is -3.51. The van der Waals surface area contributed by atoms with Crippen molar-refractivity contribution in [2.75, 3.05) is 18.4 Å². The van der Waals surface area contributed by atoms with E-state index in [1.807, 2.05) is 0 Å². The zero-order valence-electron chi connectivity index (χ0n) is 10.9. The molecule has 1 fully saturated rings. The van der Waals surface area contributed by atoms with Crippen LogP contribution < -0.4 is 21.1 Å². The van der Waals surface area contributed by atoms with Crippen LogP contribution in [0.3, 0.4) is 0 Å². The first-order valence-electron chi connectivity index (χ1n) is 6.37. The number of para-hydroxylation sites is 1. The van der Waals surface area contributed by atoms with Gasteiger partial charge in [-0.1, -0.05) is 12.1 Å². The lowest BCUT2D eigenvalue weighted by Gasteiger charge is -2.13. The molecule has 0 heterocycles. The molecule has 1 aromatic carbocycles. The Kier molecular flexibility index (Phi) is 4.46. The van der Waals surface area contributed by atoms with E-state index in [2.05, 4.69) is 15.4 Å². The highest BCUT2D eigenvalue weighted by Crippen LogP contribution is 2.25. The van der Waals surface area contributed by atoms with Gasteiger partial charge < -0.3 is 16.4 Å². The van der Waals surface area contributed by atoms with Crippen LogP contribution in [-0.4, -0.2) is 33.6 Å². The van der Waals surface area contributed by atoms with Gasteiger partial charge in [0.15, 0.2) is 0 Å². The Balaban J connectivity index is 2.03. The first kappa shape index (κ1) is 14.6. The Bertz CT molecular complexity index is 584. The van der Waals surface area contributed by atoms with Gasteiger partial charge in [0, 0.05) is 19.1 Å². The van der Waals surface area contributed by atoms with E-state index in [1.165, 1.54) is 0 Å². The lowest BCUT2D eigenvalue weighted by Crippen LogP contribution is -2.33. The summed E-state index contributed by atoms with van der Waals surface area (Å²) in [4.78, 5) is 10.8. The molecule has 1 saturated carbocycles. The van der Waals surface area contributed by atoms with Crippen LogP contribution >= 0.6 is 0 Å². The zero-order valence-corrected chi connectivity index (χ0v) is 11.7. The van der Waals surface area contributed by atoms with E-state index in [0.717, 1.165) is 12.8 Å². The third-order valence-electron chi connectivity index (χ3n) is 2.82. The van der Waals surface area contributed by atoms with Crippen molar-refractivity contribution in [3.8, 4) is 0 Å². The molecule has 0 saturated heterocycles. The smallest absolute Gasteiger partial charge is 0.312 e. The Morgan fingerprint density at radius 2 is 1.95 bits per heavy atom. The fourth-order valence-corrected chi connectivity index (χ4v) is 3.20. The van der Waals surface area contributed by atoms with Gasteiger partial charge in [0.25, 0.3) is 0 Å². The highest BCUT2D eigenvalue weighted by molar-refractivity contribution is 7.89. The van der Waals surface area contributed by atoms with E-state index in [9.17, 15) is 13.2 Å². The lowest BCUT2D eigenvalue weighted by atomic mass is 10.3. The Morgan fingerprint density at radius 1 is 1.25 bits per heavy atom. The summed E-state index contributed by atoms with van der Waals surface area (Å²) in [7, 11) is -3.51. The predicted octanol–water partition coefficient (Wildman–Crippen LogP) is 0.207. The predicted molar refractivity (Wildman–Crippen MR) is 75.9 cm³/mol. The van der Waals surface area contributed by atoms with Crippen LogP contribution in [0.5, 0.6) is 0 Å². The zero-order chi connectivity index (χ0) is 14.6. The molecule has 0 atom stereocenters. The highest BCUT2D eigenvalue weighted by atomic mass is 32.2. The quantitative estimate of drug-likeness (QED) is 0.539. The largest absolute Gasteiger partial charge is 0.382 e. The number of benzene rings is 1. The van der Waals surface area contributed by atoms with E-state index in [-0.39, 0.29) is 10.9 Å². The molecule has 0 bridgehead atoms. The van der Waals surface area contributed by atoms with Crippen LogP contribution in [0.25, 0.3) is 0 Å². The number of hydrogen-bond acceptors (Lipinski definition) is 4. The third kappa shape index (κ3) is 4.10. The van der Waals surface area contributed by atoms with Crippen molar-refractivity contribution in [3.05, 3.63) is 24.3 Å². The molecule has 5 N–H and O–H groups in total. The van der Waals surface area contributed by atoms with Crippen LogP contribution in [0, 0.1) is 0 Å². The van der Waals surface area contributed by atoms with Gasteiger partial charge in [0.2, 0.25) is 10.0 Å². The van der Waals surface area contributed by atoms with Gasteiger partial charge in [-0.15, -0.1) is 0 Å². The molecule has 20 heavy (non-hydrogen) atoms. The molecule has 1 aromatic rings. The maximum atomic E-state index is 12.2. The van der Waals surface area contributed by atoms with E-state index < -0.39 is 16.1 Å². The fourth-order valence-electron chi connectivity index (χ4n) is 1.71. The van der Waals surface area contributed by atoms with Crippen LogP contribution in [0.4, 0.5) is 10.5 Å². The number of hydrogen-bond donors (Lipinski definition) is 4. The van der Waals surface area contributed by atoms with Gasteiger partial charge in [0.05, 0.1) is 5.69 Å². The number of carbonyl (C=O) groups is 1. The lowest BCUT2D eigenvalue weighted by molar-refractivity contribution is 0.249. The Morgan fingerprint density at radius 3 is 2.60 bits per heavy atom. The van der Waals surface area contributed by atoms with Crippen molar-refractivity contribution in [1.82, 2.24) is 10.0 Å². The van der Waals surface area contributed by atoms with Gasteiger partial charge >= 0.3 is 6.03 Å². The molecule has 2 rings (SSSR count). The molecular weight excluding hydrogens is 280 g/mol. The minimum Gasteiger partial charge on any atom is -0.382 e. The summed E-state index contributed by atoms with van der Waals surface area (Å²) >= 11 is 0. The standard InChI is InChI=1S/C12H18N4O3S/c13-12(17)15-8-7-14-10-3-1-2-4-11(10)20(18,19)16-9-5-6-9/h1-4,9,14,16H,5-8H2,(H3,13,15,17). The maximum absolute atomic E-state index is 12.2. The number of anilines is 1. The summed E-state index contributed by atoms with van der Waals surface area (Å²) in [6.45, 7) is 0.707. The number of nitrogens with two attached hydrogens (primary N) is 1. The SMILES string of the molecule is NC(=O)NCCNc1ccccc1S(=O)(=O)NC1CC1. The van der Waals surface area contributed by atoms with Gasteiger partial charge in [-0.25, -0.2) is 17.9 Å². The molecular formula is C12H18N4O3S. The van der Waals surface area contributed by atoms with E-state index >= 15 is 0 Å². The topological polar surface area (TPSA) is 113 Å². The molecule has 0 aromatic heterocycles. The van der Waals surface area contributed by atoms with Crippen LogP contribution in [0.2, 0.25) is 0 Å². The molecule has 0 aliphatic heterocycles. The minimum absolute atomic E-state index is 0.0598. The number of nitrogens with one attached hydrogen (secondary N) is 3. The molecule has 1 aliphatic carbocycles. The average molecular weight is 298 g/mol. The highest BCUT2D eigenvalue weighted by Gasteiger charge is 2.29. The Labute approximate surface area is 118 Å². The van der Waals surface area contributed by atoms with Gasteiger partial charge in [0.1, 0.15) is 4.90 Å². The van der Waals surface area contributed by atoms with Crippen molar-refractivity contribution in [3.63, 3.8) is 0 Å². The Hall–Kier alpha value is -1.80. The molecule has 0 spiro atoms. The van der Waals surface area contributed by atoms with Gasteiger partial charge in [-0.3, -0.25) is 0 Å². The normalized spacial score (nSPS) is 14.8. The fraction of sp³-hybridized carbons (Fsp3) is 0.417. The van der Waals surface area contributed by atoms with Crippen molar-refractivity contribution in [1.29, 1.82) is 0 Å². The van der Waals surface area contributed by atoms with Crippen LogP contribution in [0.1, 0.15) is 12.8 Å². The number of primary amides is 1. The number of urea groups is 1. The van der Waals surface area contributed by atoms with Crippen molar-refractivity contribution in [2.24, 2.45) is 5.73 Å². The first-order valence-corrected chi connectivity index (χ1v) is 7.86. The molecule has 8 heteroatoms. The van der Waals surface area contributed by atoms with Crippen molar-refractivity contribution < 1.29 is 13.2 Å². The summed E-state index contributed by atoms with van der Waals surface area (Å²) < 4.78 is 27.0. The molecule has 110 valence electrons. The van der Waals surface area contributed by atoms with Crippen molar-refractivity contribution >= 4 is 21.7 Å². The second-order valence-corrected chi connectivity index (χ2v) is 6.29. The van der Waals surface area contributed by atoms with Crippen LogP contribution in [0.15, 0.2) is 29.2 Å². The van der Waals surface area contributed by atoms with Gasteiger partial charge in [-0.2, -0.15) is 0 Å². The third-order valence-corrected chi connectivity index (χ3v) is 4.39. The molecule has 7 nitrogen and oxygen atoms in total.